The first-order chi connectivity index (χ1) is 6.98. The van der Waals surface area contributed by atoms with Crippen molar-refractivity contribution in [3.05, 3.63) is 35.4 Å². The highest BCUT2D eigenvalue weighted by molar-refractivity contribution is 5.39. The highest BCUT2D eigenvalue weighted by Crippen LogP contribution is 2.39. The van der Waals surface area contributed by atoms with Gasteiger partial charge in [-0.3, -0.25) is 0 Å². The summed E-state index contributed by atoms with van der Waals surface area (Å²) >= 11 is 0. The highest BCUT2D eigenvalue weighted by Gasteiger charge is 2.30. The zero-order valence-corrected chi connectivity index (χ0v) is 9.96. The third kappa shape index (κ3) is 2.07. The standard InChI is InChI=1S/C14H21N/c1-14(2,3)13(15)9-11-8-10-6-4-5-7-12(10)11/h4-7,11,13H,8-9,15H2,1-3H3. The van der Waals surface area contributed by atoms with Crippen LogP contribution in [0.4, 0.5) is 0 Å². The van der Waals surface area contributed by atoms with Gasteiger partial charge in [0.15, 0.2) is 0 Å². The maximum absolute atomic E-state index is 6.22. The monoisotopic (exact) mass is 203 g/mol. The van der Waals surface area contributed by atoms with Crippen LogP contribution in [0.15, 0.2) is 24.3 Å². The van der Waals surface area contributed by atoms with Crippen molar-refractivity contribution >= 4 is 0 Å². The first-order valence-electron chi connectivity index (χ1n) is 5.82. The van der Waals surface area contributed by atoms with Crippen LogP contribution in [-0.4, -0.2) is 6.04 Å². The normalized spacial score (nSPS) is 21.7. The van der Waals surface area contributed by atoms with Crippen LogP contribution in [0.25, 0.3) is 0 Å². The van der Waals surface area contributed by atoms with E-state index in [1.165, 1.54) is 17.5 Å². The molecule has 0 saturated heterocycles. The summed E-state index contributed by atoms with van der Waals surface area (Å²) in [5.41, 5.74) is 9.49. The zero-order valence-electron chi connectivity index (χ0n) is 9.96. The smallest absolute Gasteiger partial charge is 0.00935 e. The molecule has 82 valence electrons. The molecule has 1 aliphatic rings. The number of benzene rings is 1. The highest BCUT2D eigenvalue weighted by atomic mass is 14.7. The topological polar surface area (TPSA) is 26.0 Å². The van der Waals surface area contributed by atoms with E-state index in [1.54, 1.807) is 0 Å². The molecule has 0 bridgehead atoms. The lowest BCUT2D eigenvalue weighted by molar-refractivity contribution is 0.283. The molecule has 2 atom stereocenters. The Bertz CT molecular complexity index is 349. The molecule has 0 fully saturated rings. The van der Waals surface area contributed by atoms with E-state index in [1.807, 2.05) is 0 Å². The minimum Gasteiger partial charge on any atom is -0.327 e. The number of hydrogen-bond acceptors (Lipinski definition) is 1. The fourth-order valence-corrected chi connectivity index (χ4v) is 2.23. The quantitative estimate of drug-likeness (QED) is 0.785. The van der Waals surface area contributed by atoms with Gasteiger partial charge in [0.05, 0.1) is 0 Å². The van der Waals surface area contributed by atoms with Crippen molar-refractivity contribution < 1.29 is 0 Å². The van der Waals surface area contributed by atoms with Crippen LogP contribution >= 0.6 is 0 Å². The van der Waals surface area contributed by atoms with Gasteiger partial charge in [-0.2, -0.15) is 0 Å². The van der Waals surface area contributed by atoms with Gasteiger partial charge < -0.3 is 5.73 Å². The maximum Gasteiger partial charge on any atom is 0.00935 e. The Kier molecular flexibility index (Phi) is 2.59. The first kappa shape index (κ1) is 10.7. The Labute approximate surface area is 92.7 Å². The lowest BCUT2D eigenvalue weighted by atomic mass is 9.71. The van der Waals surface area contributed by atoms with Crippen LogP contribution in [0.3, 0.4) is 0 Å². The minimum absolute atomic E-state index is 0.227. The molecule has 1 aromatic rings. The average Bonchev–Trinajstić information content (AvgIpc) is 2.12. The van der Waals surface area contributed by atoms with Crippen LogP contribution in [0.1, 0.15) is 44.2 Å². The molecule has 0 saturated carbocycles. The number of nitrogens with two attached hydrogens (primary N) is 1. The van der Waals surface area contributed by atoms with Gasteiger partial charge in [-0.1, -0.05) is 45.0 Å². The van der Waals surface area contributed by atoms with Crippen molar-refractivity contribution in [1.82, 2.24) is 0 Å². The molecular formula is C14H21N. The summed E-state index contributed by atoms with van der Waals surface area (Å²) in [7, 11) is 0. The zero-order chi connectivity index (χ0) is 11.1. The van der Waals surface area contributed by atoms with Gasteiger partial charge >= 0.3 is 0 Å². The van der Waals surface area contributed by atoms with E-state index in [2.05, 4.69) is 45.0 Å². The molecule has 15 heavy (non-hydrogen) atoms. The van der Waals surface area contributed by atoms with Gasteiger partial charge in [0.2, 0.25) is 0 Å². The Morgan fingerprint density at radius 1 is 1.33 bits per heavy atom. The van der Waals surface area contributed by atoms with E-state index >= 15 is 0 Å². The molecule has 1 aliphatic carbocycles. The van der Waals surface area contributed by atoms with E-state index in [9.17, 15) is 0 Å². The molecule has 2 N–H and O–H groups in total. The second-order valence-electron chi connectivity index (χ2n) is 5.81. The van der Waals surface area contributed by atoms with Gasteiger partial charge in [-0.15, -0.1) is 0 Å². The Morgan fingerprint density at radius 2 is 2.00 bits per heavy atom. The van der Waals surface area contributed by atoms with E-state index in [0.717, 1.165) is 6.42 Å². The largest absolute Gasteiger partial charge is 0.327 e. The minimum atomic E-state index is 0.227. The third-order valence-corrected chi connectivity index (χ3v) is 3.61. The summed E-state index contributed by atoms with van der Waals surface area (Å²) in [6.07, 6.45) is 2.35. The predicted octanol–water partition coefficient (Wildman–Crippen LogP) is 3.09. The summed E-state index contributed by atoms with van der Waals surface area (Å²) in [4.78, 5) is 0. The fourth-order valence-electron chi connectivity index (χ4n) is 2.23. The molecule has 1 aromatic carbocycles. The van der Waals surface area contributed by atoms with Gasteiger partial charge in [0.25, 0.3) is 0 Å². The molecule has 1 heteroatoms. The number of rotatable bonds is 2. The van der Waals surface area contributed by atoms with Crippen LogP contribution in [0.2, 0.25) is 0 Å². The molecule has 2 unspecified atom stereocenters. The van der Waals surface area contributed by atoms with Crippen LogP contribution in [-0.2, 0) is 6.42 Å². The van der Waals surface area contributed by atoms with Crippen molar-refractivity contribution in [3.63, 3.8) is 0 Å². The Hall–Kier alpha value is -0.820. The molecule has 0 aromatic heterocycles. The Morgan fingerprint density at radius 3 is 2.60 bits per heavy atom. The van der Waals surface area contributed by atoms with Crippen molar-refractivity contribution in [2.75, 3.05) is 0 Å². The van der Waals surface area contributed by atoms with Crippen LogP contribution < -0.4 is 5.73 Å². The van der Waals surface area contributed by atoms with E-state index in [4.69, 9.17) is 5.73 Å². The third-order valence-electron chi connectivity index (χ3n) is 3.61. The van der Waals surface area contributed by atoms with E-state index in [0.29, 0.717) is 12.0 Å². The molecule has 0 amide bonds. The summed E-state index contributed by atoms with van der Waals surface area (Å²) in [6, 6.07) is 9.04. The summed E-state index contributed by atoms with van der Waals surface area (Å²) < 4.78 is 0. The molecule has 0 aliphatic heterocycles. The Balaban J connectivity index is 2.01. The van der Waals surface area contributed by atoms with Crippen LogP contribution in [0, 0.1) is 5.41 Å². The van der Waals surface area contributed by atoms with Crippen LogP contribution in [0.5, 0.6) is 0 Å². The number of fused-ring (bicyclic) bond motifs is 1. The average molecular weight is 203 g/mol. The predicted molar refractivity (Wildman–Crippen MR) is 64.9 cm³/mol. The van der Waals surface area contributed by atoms with Gasteiger partial charge in [-0.25, -0.2) is 0 Å². The summed E-state index contributed by atoms with van der Waals surface area (Å²) in [5, 5.41) is 0. The van der Waals surface area contributed by atoms with Crippen molar-refractivity contribution in [2.45, 2.75) is 45.6 Å². The molecule has 0 heterocycles. The van der Waals surface area contributed by atoms with Gasteiger partial charge in [0, 0.05) is 6.04 Å². The molecule has 1 nitrogen and oxygen atoms in total. The fraction of sp³-hybridized carbons (Fsp3) is 0.571. The molecule has 2 rings (SSSR count). The molecular weight excluding hydrogens is 182 g/mol. The second kappa shape index (κ2) is 3.64. The van der Waals surface area contributed by atoms with Gasteiger partial charge in [-0.05, 0) is 35.3 Å². The summed E-state index contributed by atoms with van der Waals surface area (Å²) in [5.74, 6) is 0.704. The van der Waals surface area contributed by atoms with E-state index < -0.39 is 0 Å². The summed E-state index contributed by atoms with van der Waals surface area (Å²) in [6.45, 7) is 6.67. The van der Waals surface area contributed by atoms with Crippen molar-refractivity contribution in [2.24, 2.45) is 11.1 Å². The molecule has 0 spiro atoms. The lowest BCUT2D eigenvalue weighted by Crippen LogP contribution is -2.38. The second-order valence-corrected chi connectivity index (χ2v) is 5.81. The number of hydrogen-bond donors (Lipinski definition) is 1. The van der Waals surface area contributed by atoms with Crippen molar-refractivity contribution in [3.8, 4) is 0 Å². The molecule has 0 radical (unpaired) electrons. The van der Waals surface area contributed by atoms with E-state index in [-0.39, 0.29) is 5.41 Å². The lowest BCUT2D eigenvalue weighted by Gasteiger charge is -2.36. The van der Waals surface area contributed by atoms with Crippen molar-refractivity contribution in [1.29, 1.82) is 0 Å². The SMILES string of the molecule is CC(C)(C)C(N)CC1Cc2ccccc21. The first-order valence-corrected chi connectivity index (χ1v) is 5.82. The maximum atomic E-state index is 6.22. The van der Waals surface area contributed by atoms with Gasteiger partial charge in [0.1, 0.15) is 0 Å².